The summed E-state index contributed by atoms with van der Waals surface area (Å²) in [5.74, 6) is 1.01. The van der Waals surface area contributed by atoms with Gasteiger partial charge in [-0.05, 0) is 73.1 Å². The summed E-state index contributed by atoms with van der Waals surface area (Å²) >= 11 is 0. The largest absolute Gasteiger partial charge is 0.447 e. The molecule has 11 heteroatoms. The first-order valence-electron chi connectivity index (χ1n) is 11.1. The molecule has 10 nitrogen and oxygen atoms in total. The average Bonchev–Trinajstić information content (AvgIpc) is 3.34. The highest BCUT2D eigenvalue weighted by Crippen LogP contribution is 2.36. The predicted molar refractivity (Wildman–Crippen MR) is 126 cm³/mol. The van der Waals surface area contributed by atoms with E-state index in [2.05, 4.69) is 41.1 Å². The summed E-state index contributed by atoms with van der Waals surface area (Å²) in [5, 5.41) is 11.1. The lowest BCUT2D eigenvalue weighted by molar-refractivity contribution is 0.112. The Morgan fingerprint density at radius 2 is 1.97 bits per heavy atom. The van der Waals surface area contributed by atoms with E-state index in [0.29, 0.717) is 5.69 Å². The minimum absolute atomic E-state index is 0.0407. The average molecular weight is 479 g/mol. The fourth-order valence-electron chi connectivity index (χ4n) is 3.86. The smallest absolute Gasteiger partial charge is 0.407 e. The van der Waals surface area contributed by atoms with Crippen LogP contribution >= 0.6 is 0 Å². The second-order valence-electron chi connectivity index (χ2n) is 9.56. The highest BCUT2D eigenvalue weighted by Gasteiger charge is 2.31. The number of aromatic nitrogens is 3. The Hall–Kier alpha value is -2.66. The van der Waals surface area contributed by atoms with Gasteiger partial charge in [0.2, 0.25) is 0 Å². The van der Waals surface area contributed by atoms with E-state index in [9.17, 15) is 13.2 Å². The van der Waals surface area contributed by atoms with Crippen LogP contribution in [0.5, 0.6) is 0 Å². The Morgan fingerprint density at radius 1 is 1.24 bits per heavy atom. The normalized spacial score (nSPS) is 19.0. The first-order chi connectivity index (χ1) is 15.4. The van der Waals surface area contributed by atoms with Crippen molar-refractivity contribution in [1.82, 2.24) is 24.8 Å². The Bertz CT molecular complexity index is 1070. The highest BCUT2D eigenvalue weighted by atomic mass is 32.2. The molecule has 3 rings (SSSR count). The molecule has 1 fully saturated rings. The summed E-state index contributed by atoms with van der Waals surface area (Å²) in [6, 6.07) is 5.20. The van der Waals surface area contributed by atoms with E-state index in [1.165, 1.54) is 19.3 Å². The molecule has 1 saturated carbocycles. The van der Waals surface area contributed by atoms with Crippen molar-refractivity contribution in [2.75, 3.05) is 12.4 Å². The van der Waals surface area contributed by atoms with Crippen LogP contribution in [0.3, 0.4) is 0 Å². The Morgan fingerprint density at radius 3 is 2.55 bits per heavy atom. The number of pyridine rings is 1. The van der Waals surface area contributed by atoms with E-state index in [-0.39, 0.29) is 34.7 Å². The SMILES string of the molecule is CNS(=O)(=O)c1ccc(Nc2cc([C@H]3CC[C@@H](NC(=O)OC(C)C)C3)nn2C(C)(C)C)cn1. The molecular formula is C22H34N6O4S. The van der Waals surface area contributed by atoms with Gasteiger partial charge in [0.25, 0.3) is 10.0 Å². The minimum atomic E-state index is -3.59. The summed E-state index contributed by atoms with van der Waals surface area (Å²) in [7, 11) is -2.24. The molecular weight excluding hydrogens is 444 g/mol. The summed E-state index contributed by atoms with van der Waals surface area (Å²) in [5.41, 5.74) is 1.33. The lowest BCUT2D eigenvalue weighted by Gasteiger charge is -2.23. The molecule has 2 aromatic heterocycles. The number of nitrogens with one attached hydrogen (secondary N) is 3. The first-order valence-corrected chi connectivity index (χ1v) is 12.6. The van der Waals surface area contributed by atoms with Crippen LogP contribution in [0.4, 0.5) is 16.3 Å². The summed E-state index contributed by atoms with van der Waals surface area (Å²) in [6.07, 6.45) is 3.54. The van der Waals surface area contributed by atoms with Crippen LogP contribution in [0, 0.1) is 0 Å². The van der Waals surface area contributed by atoms with Gasteiger partial charge in [-0.25, -0.2) is 27.6 Å². The molecule has 0 spiro atoms. The third-order valence-corrected chi connectivity index (χ3v) is 6.76. The number of rotatable bonds is 7. The number of hydrogen-bond donors (Lipinski definition) is 3. The van der Waals surface area contributed by atoms with E-state index >= 15 is 0 Å². The van der Waals surface area contributed by atoms with Gasteiger partial charge in [0.05, 0.1) is 29.2 Å². The molecule has 0 radical (unpaired) electrons. The van der Waals surface area contributed by atoms with Crippen LogP contribution in [-0.4, -0.2) is 48.5 Å². The lowest BCUT2D eigenvalue weighted by atomic mass is 10.0. The van der Waals surface area contributed by atoms with Crippen molar-refractivity contribution in [2.45, 2.75) is 82.5 Å². The van der Waals surface area contributed by atoms with Crippen LogP contribution < -0.4 is 15.4 Å². The van der Waals surface area contributed by atoms with Crippen molar-refractivity contribution < 1.29 is 17.9 Å². The maximum Gasteiger partial charge on any atom is 0.407 e. The van der Waals surface area contributed by atoms with Gasteiger partial charge in [0.15, 0.2) is 5.03 Å². The van der Waals surface area contributed by atoms with Gasteiger partial charge < -0.3 is 15.4 Å². The number of carbonyl (C=O) groups excluding carboxylic acids is 1. The van der Waals surface area contributed by atoms with Crippen molar-refractivity contribution >= 4 is 27.6 Å². The first kappa shape index (κ1) is 25.0. The number of alkyl carbamates (subject to hydrolysis) is 1. The molecule has 0 aromatic carbocycles. The van der Waals surface area contributed by atoms with Crippen LogP contribution in [0.15, 0.2) is 29.4 Å². The molecule has 1 aliphatic rings. The van der Waals surface area contributed by atoms with Crippen LogP contribution in [0.25, 0.3) is 0 Å². The molecule has 182 valence electrons. The fraction of sp³-hybridized carbons (Fsp3) is 0.591. The predicted octanol–water partition coefficient (Wildman–Crippen LogP) is 3.46. The van der Waals surface area contributed by atoms with E-state index in [1.54, 1.807) is 6.07 Å². The molecule has 1 amide bonds. The standard InChI is InChI=1S/C22H34N6O4S/c1-14(2)32-21(29)26-16-8-7-15(11-16)18-12-19(28(27-18)22(3,4)5)25-17-9-10-20(24-13-17)33(30,31)23-6/h9-10,12-16,23,25H,7-8,11H2,1-6H3,(H,26,29)/t15-,16+/m0/s1. The van der Waals surface area contributed by atoms with Crippen molar-refractivity contribution in [1.29, 1.82) is 0 Å². The fourth-order valence-corrected chi connectivity index (χ4v) is 4.51. The zero-order valence-electron chi connectivity index (χ0n) is 20.0. The third kappa shape index (κ3) is 6.23. The number of ether oxygens (including phenoxy) is 1. The molecule has 2 aromatic rings. The highest BCUT2D eigenvalue weighted by molar-refractivity contribution is 7.89. The minimum Gasteiger partial charge on any atom is -0.447 e. The number of nitrogens with zero attached hydrogens (tertiary/aromatic N) is 3. The van der Waals surface area contributed by atoms with Gasteiger partial charge in [-0.2, -0.15) is 5.10 Å². The molecule has 3 N–H and O–H groups in total. The molecule has 0 saturated heterocycles. The summed E-state index contributed by atoms with van der Waals surface area (Å²) in [6.45, 7) is 9.85. The van der Waals surface area contributed by atoms with Gasteiger partial charge in [0.1, 0.15) is 5.82 Å². The number of sulfonamides is 1. The molecule has 1 aliphatic carbocycles. The molecule has 0 bridgehead atoms. The van der Waals surface area contributed by atoms with E-state index in [4.69, 9.17) is 9.84 Å². The number of amides is 1. The van der Waals surface area contributed by atoms with E-state index in [0.717, 1.165) is 30.8 Å². The topological polar surface area (TPSA) is 127 Å². The zero-order valence-corrected chi connectivity index (χ0v) is 20.9. The Balaban J connectivity index is 1.76. The molecule has 33 heavy (non-hydrogen) atoms. The van der Waals surface area contributed by atoms with E-state index in [1.807, 2.05) is 24.6 Å². The van der Waals surface area contributed by atoms with Crippen molar-refractivity contribution in [3.63, 3.8) is 0 Å². The number of anilines is 2. The van der Waals surface area contributed by atoms with Gasteiger partial charge in [0, 0.05) is 18.0 Å². The van der Waals surface area contributed by atoms with Crippen molar-refractivity contribution in [3.05, 3.63) is 30.1 Å². The molecule has 2 atom stereocenters. The van der Waals surface area contributed by atoms with Gasteiger partial charge >= 0.3 is 6.09 Å². The lowest BCUT2D eigenvalue weighted by Crippen LogP contribution is -2.34. The van der Waals surface area contributed by atoms with Gasteiger partial charge in [-0.3, -0.25) is 0 Å². The van der Waals surface area contributed by atoms with E-state index < -0.39 is 10.0 Å². The second-order valence-corrected chi connectivity index (χ2v) is 11.4. The zero-order chi connectivity index (χ0) is 24.4. The third-order valence-electron chi connectivity index (χ3n) is 5.43. The van der Waals surface area contributed by atoms with Crippen molar-refractivity contribution in [2.24, 2.45) is 0 Å². The molecule has 0 aliphatic heterocycles. The maximum atomic E-state index is 11.9. The number of carbonyl (C=O) groups is 1. The quantitative estimate of drug-likeness (QED) is 0.556. The Labute approximate surface area is 195 Å². The van der Waals surface area contributed by atoms with Crippen LogP contribution in [-0.2, 0) is 20.3 Å². The number of hydrogen-bond acceptors (Lipinski definition) is 7. The molecule has 2 heterocycles. The van der Waals surface area contributed by atoms with Crippen LogP contribution in [0.2, 0.25) is 0 Å². The summed E-state index contributed by atoms with van der Waals surface area (Å²) in [4.78, 5) is 16.0. The monoisotopic (exact) mass is 478 g/mol. The van der Waals surface area contributed by atoms with Gasteiger partial charge in [-0.1, -0.05) is 0 Å². The van der Waals surface area contributed by atoms with Gasteiger partial charge in [-0.15, -0.1) is 0 Å². The second kappa shape index (κ2) is 9.68. The molecule has 0 unspecified atom stereocenters. The maximum absolute atomic E-state index is 11.9. The van der Waals surface area contributed by atoms with Crippen molar-refractivity contribution in [3.8, 4) is 0 Å². The van der Waals surface area contributed by atoms with Crippen LogP contribution in [0.1, 0.15) is 65.5 Å². The summed E-state index contributed by atoms with van der Waals surface area (Å²) < 4.78 is 33.2. The Kier molecular flexibility index (Phi) is 7.32.